The quantitative estimate of drug-likeness (QED) is 0.901. The molecule has 6 heteroatoms. The summed E-state index contributed by atoms with van der Waals surface area (Å²) in [5.41, 5.74) is 0.689. The van der Waals surface area contributed by atoms with Gasteiger partial charge in [0.25, 0.3) is 0 Å². The van der Waals surface area contributed by atoms with Gasteiger partial charge in [0.15, 0.2) is 0 Å². The zero-order valence-corrected chi connectivity index (χ0v) is 12.8. The van der Waals surface area contributed by atoms with Crippen molar-refractivity contribution in [3.05, 3.63) is 28.2 Å². The van der Waals surface area contributed by atoms with Crippen molar-refractivity contribution in [2.24, 2.45) is 0 Å². The monoisotopic (exact) mass is 316 g/mol. The number of aliphatic hydroxyl groups excluding tert-OH is 1. The molecular formula is C14H18Cl2N2O2. The molecule has 0 saturated carbocycles. The maximum absolute atomic E-state index is 12.3. The van der Waals surface area contributed by atoms with Crippen molar-refractivity contribution < 1.29 is 9.90 Å². The molecule has 2 N–H and O–H groups in total. The van der Waals surface area contributed by atoms with Crippen molar-refractivity contribution in [3.63, 3.8) is 0 Å². The number of carbonyl (C=O) groups is 1. The van der Waals surface area contributed by atoms with Crippen molar-refractivity contribution >= 4 is 34.8 Å². The predicted octanol–water partition coefficient (Wildman–Crippen LogP) is 2.78. The van der Waals surface area contributed by atoms with Crippen LogP contribution in [-0.4, -0.2) is 41.1 Å². The summed E-state index contributed by atoms with van der Waals surface area (Å²) < 4.78 is 0. The lowest BCUT2D eigenvalue weighted by Gasteiger charge is -2.32. The van der Waals surface area contributed by atoms with Crippen LogP contribution in [0.25, 0.3) is 0 Å². The van der Waals surface area contributed by atoms with Gasteiger partial charge in [0.1, 0.15) is 6.04 Å². The molecular weight excluding hydrogens is 299 g/mol. The number of benzene rings is 1. The topological polar surface area (TPSA) is 52.6 Å². The number of aliphatic hydroxyl groups is 1. The molecule has 2 rings (SSSR count). The van der Waals surface area contributed by atoms with E-state index in [0.29, 0.717) is 41.7 Å². The van der Waals surface area contributed by atoms with Crippen LogP contribution in [0.2, 0.25) is 10.0 Å². The Morgan fingerprint density at radius 1 is 1.40 bits per heavy atom. The molecule has 1 aromatic carbocycles. The number of carbonyl (C=O) groups excluding carboxylic acids is 1. The molecule has 1 amide bonds. The lowest BCUT2D eigenvalue weighted by Crippen LogP contribution is -2.46. The van der Waals surface area contributed by atoms with Crippen molar-refractivity contribution in [3.8, 4) is 0 Å². The summed E-state index contributed by atoms with van der Waals surface area (Å²) in [6, 6.07) is 4.75. The number of piperidine rings is 1. The second-order valence-electron chi connectivity index (χ2n) is 5.05. The van der Waals surface area contributed by atoms with Gasteiger partial charge in [0, 0.05) is 18.1 Å². The van der Waals surface area contributed by atoms with E-state index in [1.165, 1.54) is 0 Å². The molecule has 1 aliphatic rings. The third-order valence-electron chi connectivity index (χ3n) is 3.45. The number of likely N-dealkylation sites (tertiary alicyclic amines) is 1. The van der Waals surface area contributed by atoms with E-state index >= 15 is 0 Å². The van der Waals surface area contributed by atoms with E-state index in [2.05, 4.69) is 5.32 Å². The highest BCUT2D eigenvalue weighted by Gasteiger charge is 2.25. The summed E-state index contributed by atoms with van der Waals surface area (Å²) in [7, 11) is 0. The molecule has 0 unspecified atom stereocenters. The van der Waals surface area contributed by atoms with Gasteiger partial charge >= 0.3 is 0 Å². The number of nitrogens with zero attached hydrogens (tertiary/aromatic N) is 1. The van der Waals surface area contributed by atoms with Crippen molar-refractivity contribution in [1.82, 2.24) is 4.90 Å². The fraction of sp³-hybridized carbons (Fsp3) is 0.500. The third-order valence-corrected chi connectivity index (χ3v) is 4.00. The molecule has 1 heterocycles. The van der Waals surface area contributed by atoms with E-state index in [9.17, 15) is 9.90 Å². The summed E-state index contributed by atoms with van der Waals surface area (Å²) in [5, 5.41) is 13.6. The Morgan fingerprint density at radius 2 is 2.05 bits per heavy atom. The van der Waals surface area contributed by atoms with Gasteiger partial charge < -0.3 is 15.3 Å². The average molecular weight is 317 g/mol. The van der Waals surface area contributed by atoms with Crippen molar-refractivity contribution in [2.75, 3.05) is 18.4 Å². The smallest absolute Gasteiger partial charge is 0.244 e. The number of hydrogen-bond acceptors (Lipinski definition) is 3. The molecule has 1 aliphatic heterocycles. The first kappa shape index (κ1) is 15.4. The van der Waals surface area contributed by atoms with Crippen LogP contribution >= 0.6 is 23.2 Å². The van der Waals surface area contributed by atoms with Crippen LogP contribution in [0.3, 0.4) is 0 Å². The van der Waals surface area contributed by atoms with Crippen molar-refractivity contribution in [1.29, 1.82) is 0 Å². The molecule has 20 heavy (non-hydrogen) atoms. The van der Waals surface area contributed by atoms with Gasteiger partial charge in [0.05, 0.1) is 16.8 Å². The zero-order chi connectivity index (χ0) is 14.7. The maximum atomic E-state index is 12.3. The summed E-state index contributed by atoms with van der Waals surface area (Å²) in [6.45, 7) is 3.00. The highest BCUT2D eigenvalue weighted by Crippen LogP contribution is 2.26. The van der Waals surface area contributed by atoms with Crippen LogP contribution in [0, 0.1) is 0 Å². The minimum absolute atomic E-state index is 0.0166. The lowest BCUT2D eigenvalue weighted by atomic mass is 10.1. The lowest BCUT2D eigenvalue weighted by molar-refractivity contribution is -0.133. The molecule has 1 aromatic rings. The van der Waals surface area contributed by atoms with Crippen LogP contribution in [0.1, 0.15) is 19.8 Å². The molecule has 1 fully saturated rings. The van der Waals surface area contributed by atoms with E-state index in [1.807, 2.05) is 0 Å². The minimum atomic E-state index is -0.371. The van der Waals surface area contributed by atoms with E-state index in [0.717, 1.165) is 0 Å². The number of rotatable bonds is 3. The number of nitrogens with one attached hydrogen (secondary N) is 1. The van der Waals surface area contributed by atoms with Gasteiger partial charge in [-0.3, -0.25) is 4.79 Å². The Hall–Kier alpha value is -0.970. The normalized spacial score (nSPS) is 17.9. The molecule has 110 valence electrons. The molecule has 0 bridgehead atoms. The van der Waals surface area contributed by atoms with Gasteiger partial charge in [-0.2, -0.15) is 0 Å². The van der Waals surface area contributed by atoms with Crippen LogP contribution in [0.15, 0.2) is 18.2 Å². The largest absolute Gasteiger partial charge is 0.393 e. The Kier molecular flexibility index (Phi) is 5.13. The molecule has 1 atom stereocenters. The molecule has 0 spiro atoms. The Morgan fingerprint density at radius 3 is 2.65 bits per heavy atom. The fourth-order valence-electron chi connectivity index (χ4n) is 2.26. The highest BCUT2D eigenvalue weighted by molar-refractivity contribution is 6.36. The summed E-state index contributed by atoms with van der Waals surface area (Å²) in [5.74, 6) is 0.0166. The SMILES string of the molecule is C[C@H](Nc1ccc(Cl)cc1Cl)C(=O)N1CCC(O)CC1. The van der Waals surface area contributed by atoms with E-state index in [-0.39, 0.29) is 18.1 Å². The van der Waals surface area contributed by atoms with E-state index in [4.69, 9.17) is 23.2 Å². The molecule has 4 nitrogen and oxygen atoms in total. The first-order valence-electron chi connectivity index (χ1n) is 6.66. The van der Waals surface area contributed by atoms with E-state index < -0.39 is 0 Å². The Labute approximate surface area is 128 Å². The second-order valence-corrected chi connectivity index (χ2v) is 5.89. The second kappa shape index (κ2) is 6.66. The maximum Gasteiger partial charge on any atom is 0.244 e. The summed E-state index contributed by atoms with van der Waals surface area (Å²) >= 11 is 11.9. The average Bonchev–Trinajstić information content (AvgIpc) is 2.42. The first-order chi connectivity index (χ1) is 9.47. The molecule has 0 radical (unpaired) electrons. The Bertz CT molecular complexity index is 488. The minimum Gasteiger partial charge on any atom is -0.393 e. The fourth-order valence-corrected chi connectivity index (χ4v) is 2.72. The number of anilines is 1. The van der Waals surface area contributed by atoms with Crippen LogP contribution < -0.4 is 5.32 Å². The molecule has 0 aliphatic carbocycles. The Balaban J connectivity index is 1.97. The predicted molar refractivity (Wildman–Crippen MR) is 81.4 cm³/mol. The summed E-state index contributed by atoms with van der Waals surface area (Å²) in [4.78, 5) is 14.1. The standard InChI is InChI=1S/C14H18Cl2N2O2/c1-9(14(20)18-6-4-11(19)5-7-18)17-13-3-2-10(15)8-12(13)16/h2-3,8-9,11,17,19H,4-7H2,1H3/t9-/m0/s1. The number of halogens is 2. The summed E-state index contributed by atoms with van der Waals surface area (Å²) in [6.07, 6.45) is 0.994. The zero-order valence-electron chi connectivity index (χ0n) is 11.3. The van der Waals surface area contributed by atoms with Gasteiger partial charge in [-0.05, 0) is 38.0 Å². The molecule has 1 saturated heterocycles. The van der Waals surface area contributed by atoms with E-state index in [1.54, 1.807) is 30.0 Å². The van der Waals surface area contributed by atoms with Crippen LogP contribution in [-0.2, 0) is 4.79 Å². The van der Waals surface area contributed by atoms with Crippen LogP contribution in [0.5, 0.6) is 0 Å². The van der Waals surface area contributed by atoms with Gasteiger partial charge in [-0.15, -0.1) is 0 Å². The highest BCUT2D eigenvalue weighted by atomic mass is 35.5. The molecule has 0 aromatic heterocycles. The van der Waals surface area contributed by atoms with Crippen molar-refractivity contribution in [2.45, 2.75) is 31.9 Å². The van der Waals surface area contributed by atoms with Gasteiger partial charge in [-0.1, -0.05) is 23.2 Å². The third kappa shape index (κ3) is 3.78. The number of hydrogen-bond donors (Lipinski definition) is 2. The van der Waals surface area contributed by atoms with Crippen LogP contribution in [0.4, 0.5) is 5.69 Å². The first-order valence-corrected chi connectivity index (χ1v) is 7.41. The van der Waals surface area contributed by atoms with Gasteiger partial charge in [0.2, 0.25) is 5.91 Å². The number of amides is 1. The van der Waals surface area contributed by atoms with Gasteiger partial charge in [-0.25, -0.2) is 0 Å².